The van der Waals surface area contributed by atoms with Gasteiger partial charge < -0.3 is 8.98 Å². The van der Waals surface area contributed by atoms with E-state index in [9.17, 15) is 0 Å². The third kappa shape index (κ3) is 2.91. The van der Waals surface area contributed by atoms with Crippen LogP contribution in [0.15, 0.2) is 28.9 Å². The number of hydrogen-bond acceptors (Lipinski definition) is 4. The van der Waals surface area contributed by atoms with Crippen LogP contribution in [0.1, 0.15) is 42.6 Å². The lowest BCUT2D eigenvalue weighted by atomic mass is 10.0. The molecule has 4 rings (SSSR count). The molecule has 0 bridgehead atoms. The van der Waals surface area contributed by atoms with Crippen molar-refractivity contribution in [2.45, 2.75) is 46.3 Å². The van der Waals surface area contributed by atoms with Gasteiger partial charge in [0.05, 0.1) is 6.20 Å². The molecule has 0 aromatic carbocycles. The highest BCUT2D eigenvalue weighted by Crippen LogP contribution is 2.32. The molecule has 1 aliphatic rings. The monoisotopic (exact) mass is 339 g/mol. The molecule has 25 heavy (non-hydrogen) atoms. The minimum Gasteiger partial charge on any atom is -0.440 e. The predicted molar refractivity (Wildman–Crippen MR) is 96.1 cm³/mol. The van der Waals surface area contributed by atoms with Crippen LogP contribution in [0, 0.1) is 6.92 Å². The lowest BCUT2D eigenvalue weighted by Gasteiger charge is -2.28. The van der Waals surface area contributed by atoms with Crippen LogP contribution in [0.3, 0.4) is 0 Å². The highest BCUT2D eigenvalue weighted by Gasteiger charge is 2.28. The van der Waals surface area contributed by atoms with Crippen LogP contribution in [-0.4, -0.2) is 30.8 Å². The van der Waals surface area contributed by atoms with Crippen molar-refractivity contribution in [3.05, 3.63) is 47.2 Å². The maximum atomic E-state index is 5.78. The van der Waals surface area contributed by atoms with Crippen LogP contribution in [0.25, 0.3) is 11.6 Å². The van der Waals surface area contributed by atoms with Gasteiger partial charge in [-0.15, -0.1) is 0 Å². The van der Waals surface area contributed by atoms with Crippen molar-refractivity contribution in [1.29, 1.82) is 0 Å². The van der Waals surface area contributed by atoms with Gasteiger partial charge in [0, 0.05) is 62.3 Å². The van der Waals surface area contributed by atoms with Gasteiger partial charge in [-0.25, -0.2) is 4.98 Å². The van der Waals surface area contributed by atoms with Crippen molar-refractivity contribution < 1.29 is 4.42 Å². The van der Waals surface area contributed by atoms with Gasteiger partial charge >= 0.3 is 0 Å². The average molecular weight is 339 g/mol. The first-order valence-corrected chi connectivity index (χ1v) is 8.88. The molecule has 132 valence electrons. The van der Waals surface area contributed by atoms with Gasteiger partial charge in [-0.3, -0.25) is 9.58 Å². The van der Waals surface area contributed by atoms with E-state index in [1.165, 1.54) is 17.0 Å². The summed E-state index contributed by atoms with van der Waals surface area (Å²) in [7, 11) is 2.10. The summed E-state index contributed by atoms with van der Waals surface area (Å²) in [6.07, 6.45) is 4.87. The van der Waals surface area contributed by atoms with Gasteiger partial charge in [0.1, 0.15) is 5.76 Å². The molecule has 3 aromatic rings. The largest absolute Gasteiger partial charge is 0.440 e. The number of fused-ring (bicyclic) bond motifs is 1. The van der Waals surface area contributed by atoms with Crippen LogP contribution in [0.5, 0.6) is 0 Å². The molecule has 0 spiro atoms. The summed E-state index contributed by atoms with van der Waals surface area (Å²) in [6, 6.07) is 4.62. The Balaban J connectivity index is 1.69. The van der Waals surface area contributed by atoms with Crippen LogP contribution in [0.2, 0.25) is 0 Å². The van der Waals surface area contributed by atoms with E-state index in [2.05, 4.69) is 58.4 Å². The second-order valence-electron chi connectivity index (χ2n) is 7.16. The van der Waals surface area contributed by atoms with Gasteiger partial charge in [0.25, 0.3) is 0 Å². The second-order valence-corrected chi connectivity index (χ2v) is 7.16. The van der Waals surface area contributed by atoms with Crippen molar-refractivity contribution >= 4 is 0 Å². The van der Waals surface area contributed by atoms with Gasteiger partial charge in [-0.2, -0.15) is 5.10 Å². The maximum Gasteiger partial charge on any atom is 0.247 e. The Morgan fingerprint density at radius 3 is 2.80 bits per heavy atom. The lowest BCUT2D eigenvalue weighted by Crippen LogP contribution is -2.31. The van der Waals surface area contributed by atoms with Crippen LogP contribution >= 0.6 is 0 Å². The van der Waals surface area contributed by atoms with Crippen molar-refractivity contribution in [3.8, 4) is 11.6 Å². The minimum absolute atomic E-state index is 0.331. The summed E-state index contributed by atoms with van der Waals surface area (Å²) in [5, 5.41) is 4.85. The van der Waals surface area contributed by atoms with Crippen molar-refractivity contribution in [3.63, 3.8) is 0 Å². The second kappa shape index (κ2) is 6.19. The zero-order valence-electron chi connectivity index (χ0n) is 15.4. The van der Waals surface area contributed by atoms with E-state index in [4.69, 9.17) is 9.52 Å². The Kier molecular flexibility index (Phi) is 4.00. The van der Waals surface area contributed by atoms with E-state index in [0.29, 0.717) is 11.9 Å². The van der Waals surface area contributed by atoms with Gasteiger partial charge in [-0.1, -0.05) is 0 Å². The zero-order valence-corrected chi connectivity index (χ0v) is 15.4. The zero-order chi connectivity index (χ0) is 17.6. The van der Waals surface area contributed by atoms with Gasteiger partial charge in [0.2, 0.25) is 5.89 Å². The van der Waals surface area contributed by atoms with Crippen molar-refractivity contribution in [1.82, 2.24) is 24.2 Å². The number of aromatic nitrogens is 4. The van der Waals surface area contributed by atoms with Crippen LogP contribution in [-0.2, 0) is 26.6 Å². The smallest absolute Gasteiger partial charge is 0.247 e. The molecule has 6 heteroatoms. The molecule has 4 heterocycles. The SMILES string of the molecule is Cc1cnc(-c2nn(C(C)C)c3c2CN(Cc2cccn2C)CC3)o1. The quantitative estimate of drug-likeness (QED) is 0.732. The van der Waals surface area contributed by atoms with Gasteiger partial charge in [0.15, 0.2) is 5.69 Å². The van der Waals surface area contributed by atoms with E-state index in [1.807, 2.05) is 6.92 Å². The number of aryl methyl sites for hydroxylation is 2. The standard InChI is InChI=1S/C19H25N5O/c1-13(2)24-17-7-9-23(11-15-6-5-8-22(15)4)12-16(17)18(21-24)19-20-10-14(3)25-19/h5-6,8,10,13H,7,9,11-12H2,1-4H3. The van der Waals surface area contributed by atoms with E-state index >= 15 is 0 Å². The third-order valence-electron chi connectivity index (χ3n) is 4.91. The first-order valence-electron chi connectivity index (χ1n) is 8.88. The first-order chi connectivity index (χ1) is 12.0. The summed E-state index contributed by atoms with van der Waals surface area (Å²) in [5.41, 5.74) is 4.81. The molecule has 0 fully saturated rings. The average Bonchev–Trinajstić information content (AvgIpc) is 3.26. The summed E-state index contributed by atoms with van der Waals surface area (Å²) in [6.45, 7) is 9.14. The van der Waals surface area contributed by atoms with E-state index in [1.54, 1.807) is 6.20 Å². The Labute approximate surface area is 148 Å². The maximum absolute atomic E-state index is 5.78. The molecule has 0 saturated carbocycles. The van der Waals surface area contributed by atoms with E-state index in [0.717, 1.165) is 37.5 Å². The molecule has 1 aliphatic heterocycles. The Morgan fingerprint density at radius 1 is 1.32 bits per heavy atom. The van der Waals surface area contributed by atoms with Crippen LogP contribution in [0.4, 0.5) is 0 Å². The highest BCUT2D eigenvalue weighted by molar-refractivity contribution is 5.55. The predicted octanol–water partition coefficient (Wildman–Crippen LogP) is 3.32. The molecule has 0 unspecified atom stereocenters. The Hall–Kier alpha value is -2.34. The Bertz CT molecular complexity index is 886. The fourth-order valence-electron chi connectivity index (χ4n) is 3.59. The Morgan fingerprint density at radius 2 is 2.16 bits per heavy atom. The van der Waals surface area contributed by atoms with Gasteiger partial charge in [-0.05, 0) is 32.9 Å². The third-order valence-corrected chi connectivity index (χ3v) is 4.91. The minimum atomic E-state index is 0.331. The first kappa shape index (κ1) is 16.1. The fraction of sp³-hybridized carbons (Fsp3) is 0.474. The molecule has 0 atom stereocenters. The number of rotatable bonds is 4. The molecule has 0 aliphatic carbocycles. The molecule has 0 N–H and O–H groups in total. The molecule has 0 radical (unpaired) electrons. The molecular formula is C19H25N5O. The molecule has 0 amide bonds. The number of oxazole rings is 1. The molecule has 6 nitrogen and oxygen atoms in total. The summed E-state index contributed by atoms with van der Waals surface area (Å²) in [4.78, 5) is 6.89. The van der Waals surface area contributed by atoms with E-state index in [-0.39, 0.29) is 0 Å². The highest BCUT2D eigenvalue weighted by atomic mass is 16.4. The number of hydrogen-bond donors (Lipinski definition) is 0. The number of nitrogens with zero attached hydrogens (tertiary/aromatic N) is 5. The lowest BCUT2D eigenvalue weighted by molar-refractivity contribution is 0.236. The van der Waals surface area contributed by atoms with E-state index < -0.39 is 0 Å². The summed E-state index contributed by atoms with van der Waals surface area (Å²) in [5.74, 6) is 1.45. The van der Waals surface area contributed by atoms with Crippen molar-refractivity contribution in [2.24, 2.45) is 7.05 Å². The normalized spacial score (nSPS) is 15.1. The molecule has 3 aromatic heterocycles. The summed E-state index contributed by atoms with van der Waals surface area (Å²) >= 11 is 0. The molecule has 0 saturated heterocycles. The topological polar surface area (TPSA) is 52.0 Å². The van der Waals surface area contributed by atoms with Crippen molar-refractivity contribution in [2.75, 3.05) is 6.54 Å². The fourth-order valence-corrected chi connectivity index (χ4v) is 3.59. The van der Waals surface area contributed by atoms with Crippen LogP contribution < -0.4 is 0 Å². The summed E-state index contributed by atoms with van der Waals surface area (Å²) < 4.78 is 10.1. The molecular weight excluding hydrogens is 314 g/mol.